The first-order valence-corrected chi connectivity index (χ1v) is 11.1. The Bertz CT molecular complexity index is 1210. The summed E-state index contributed by atoms with van der Waals surface area (Å²) < 4.78 is 5.74. The van der Waals surface area contributed by atoms with Gasteiger partial charge in [-0.1, -0.05) is 54.6 Å². The van der Waals surface area contributed by atoms with Gasteiger partial charge in [0.15, 0.2) is 0 Å². The molecule has 168 valence electrons. The molecule has 0 fully saturated rings. The van der Waals surface area contributed by atoms with Crippen LogP contribution in [0.5, 0.6) is 5.75 Å². The zero-order valence-corrected chi connectivity index (χ0v) is 19.4. The molecule has 0 radical (unpaired) electrons. The van der Waals surface area contributed by atoms with Crippen LogP contribution in [0.1, 0.15) is 36.1 Å². The highest BCUT2D eigenvalue weighted by Crippen LogP contribution is 2.33. The molecule has 4 rings (SSSR count). The summed E-state index contributed by atoms with van der Waals surface area (Å²) in [7, 11) is 0. The first-order chi connectivity index (χ1) is 15.8. The highest BCUT2D eigenvalue weighted by atomic mass is 16.5. The molecule has 0 aromatic heterocycles. The van der Waals surface area contributed by atoms with Gasteiger partial charge in [-0.25, -0.2) is 0 Å². The van der Waals surface area contributed by atoms with Gasteiger partial charge in [0.05, 0.1) is 18.2 Å². The molecule has 0 atom stereocenters. The monoisotopic (exact) mass is 440 g/mol. The number of nitrogens with one attached hydrogen (secondary N) is 1. The molecule has 0 unspecified atom stereocenters. The topological polar surface area (TPSA) is 58.6 Å². The average Bonchev–Trinajstić information content (AvgIpc) is 3.02. The minimum Gasteiger partial charge on any atom is -0.491 e. The molecule has 1 heterocycles. The lowest BCUT2D eigenvalue weighted by atomic mass is 10.0. The molecule has 0 saturated heterocycles. The molecule has 1 aliphatic rings. The van der Waals surface area contributed by atoms with E-state index in [9.17, 15) is 9.59 Å². The van der Waals surface area contributed by atoms with Gasteiger partial charge in [-0.05, 0) is 68.1 Å². The normalized spacial score (nSPS) is 13.8. The van der Waals surface area contributed by atoms with Crippen molar-refractivity contribution < 1.29 is 14.3 Å². The molecular weight excluding hydrogens is 412 g/mol. The van der Waals surface area contributed by atoms with Gasteiger partial charge < -0.3 is 10.1 Å². The summed E-state index contributed by atoms with van der Waals surface area (Å²) in [5.41, 5.74) is 5.18. The van der Waals surface area contributed by atoms with Gasteiger partial charge in [0.1, 0.15) is 11.4 Å². The molecule has 2 amide bonds. The molecule has 3 aromatic carbocycles. The first-order valence-electron chi connectivity index (χ1n) is 11.1. The summed E-state index contributed by atoms with van der Waals surface area (Å²) in [6.07, 6.45) is 0.0487. The van der Waals surface area contributed by atoms with Gasteiger partial charge in [-0.3, -0.25) is 14.5 Å². The molecule has 1 aliphatic heterocycles. The van der Waals surface area contributed by atoms with Crippen molar-refractivity contribution in [3.63, 3.8) is 0 Å². The van der Waals surface area contributed by atoms with Crippen LogP contribution in [0.15, 0.2) is 78.5 Å². The van der Waals surface area contributed by atoms with E-state index >= 15 is 0 Å². The Morgan fingerprint density at radius 1 is 0.848 bits per heavy atom. The van der Waals surface area contributed by atoms with E-state index in [-0.39, 0.29) is 24.5 Å². The second-order valence-corrected chi connectivity index (χ2v) is 8.50. The van der Waals surface area contributed by atoms with Gasteiger partial charge in [-0.2, -0.15) is 0 Å². The maximum atomic E-state index is 13.5. The predicted molar refractivity (Wildman–Crippen MR) is 131 cm³/mol. The van der Waals surface area contributed by atoms with Crippen molar-refractivity contribution in [2.45, 2.75) is 40.3 Å². The Balaban J connectivity index is 1.74. The Hall–Kier alpha value is -3.86. The van der Waals surface area contributed by atoms with Crippen molar-refractivity contribution in [1.82, 2.24) is 4.90 Å². The number of imide groups is 1. The fourth-order valence-corrected chi connectivity index (χ4v) is 3.86. The number of aryl methyl sites for hydroxylation is 1. The van der Waals surface area contributed by atoms with Crippen LogP contribution in [-0.2, 0) is 16.1 Å². The van der Waals surface area contributed by atoms with Crippen molar-refractivity contribution in [2.75, 3.05) is 5.32 Å². The lowest BCUT2D eigenvalue weighted by Crippen LogP contribution is -2.32. The zero-order valence-electron chi connectivity index (χ0n) is 19.4. The van der Waals surface area contributed by atoms with Gasteiger partial charge in [0.2, 0.25) is 0 Å². The summed E-state index contributed by atoms with van der Waals surface area (Å²) in [6.45, 7) is 8.16. The zero-order chi connectivity index (χ0) is 23.5. The Morgan fingerprint density at radius 2 is 1.55 bits per heavy atom. The predicted octanol–water partition coefficient (Wildman–Crippen LogP) is 5.48. The van der Waals surface area contributed by atoms with E-state index in [1.165, 1.54) is 4.90 Å². The molecule has 0 spiro atoms. The van der Waals surface area contributed by atoms with Gasteiger partial charge in [0.25, 0.3) is 11.8 Å². The number of carbonyl (C=O) groups is 2. The quantitative estimate of drug-likeness (QED) is 0.494. The largest absolute Gasteiger partial charge is 0.491 e. The van der Waals surface area contributed by atoms with Crippen molar-refractivity contribution >= 4 is 23.1 Å². The van der Waals surface area contributed by atoms with E-state index in [0.29, 0.717) is 16.8 Å². The van der Waals surface area contributed by atoms with E-state index in [4.69, 9.17) is 4.74 Å². The number of carbonyl (C=O) groups excluding carboxylic acids is 2. The van der Waals surface area contributed by atoms with Crippen LogP contribution in [0.2, 0.25) is 0 Å². The highest BCUT2D eigenvalue weighted by molar-refractivity contribution is 6.36. The molecule has 0 aliphatic carbocycles. The van der Waals surface area contributed by atoms with Crippen LogP contribution >= 0.6 is 0 Å². The smallest absolute Gasteiger partial charge is 0.278 e. The van der Waals surface area contributed by atoms with Crippen LogP contribution in [0.25, 0.3) is 5.57 Å². The summed E-state index contributed by atoms with van der Waals surface area (Å²) in [5, 5.41) is 3.28. The summed E-state index contributed by atoms with van der Waals surface area (Å²) in [5.74, 6) is 0.0766. The molecule has 0 bridgehead atoms. The Labute approximate surface area is 194 Å². The third-order valence-corrected chi connectivity index (χ3v) is 5.73. The number of rotatable bonds is 7. The third kappa shape index (κ3) is 4.67. The van der Waals surface area contributed by atoms with E-state index in [2.05, 4.69) is 5.32 Å². The molecule has 1 N–H and O–H groups in total. The lowest BCUT2D eigenvalue weighted by Gasteiger charge is -2.16. The fraction of sp³-hybridized carbons (Fsp3) is 0.214. The van der Waals surface area contributed by atoms with Gasteiger partial charge in [-0.15, -0.1) is 0 Å². The van der Waals surface area contributed by atoms with Crippen LogP contribution in [0.3, 0.4) is 0 Å². The number of anilines is 1. The number of amides is 2. The molecular formula is C28H28N2O3. The summed E-state index contributed by atoms with van der Waals surface area (Å²) in [6, 6.07) is 22.7. The highest BCUT2D eigenvalue weighted by Gasteiger charge is 2.39. The first kappa shape index (κ1) is 22.3. The number of benzene rings is 3. The molecule has 5 nitrogen and oxygen atoms in total. The van der Waals surface area contributed by atoms with Crippen molar-refractivity contribution in [2.24, 2.45) is 0 Å². The van der Waals surface area contributed by atoms with Crippen molar-refractivity contribution in [1.29, 1.82) is 0 Å². The SMILES string of the molecule is Cc1cccc(NC2=C(c3ccc(OC(C)C)cc3)C(=O)N(Cc3ccccc3)C2=O)c1C. The minimum absolute atomic E-state index is 0.0487. The van der Waals surface area contributed by atoms with Crippen LogP contribution in [-0.4, -0.2) is 22.8 Å². The standard InChI is InChI=1S/C28H28N2O3/c1-18(2)33-23-15-13-22(14-16-23)25-26(29-24-12-8-9-19(3)20(24)4)28(32)30(27(25)31)17-21-10-6-5-7-11-21/h5-16,18,29H,17H2,1-4H3. The molecule has 5 heteroatoms. The second kappa shape index (κ2) is 9.33. The van der Waals surface area contributed by atoms with E-state index < -0.39 is 0 Å². The minimum atomic E-state index is -0.331. The van der Waals surface area contributed by atoms with E-state index in [0.717, 1.165) is 28.1 Å². The maximum Gasteiger partial charge on any atom is 0.278 e. The number of hydrogen-bond donors (Lipinski definition) is 1. The molecule has 3 aromatic rings. The summed E-state index contributed by atoms with van der Waals surface area (Å²) >= 11 is 0. The van der Waals surface area contributed by atoms with E-state index in [1.54, 1.807) is 0 Å². The summed E-state index contributed by atoms with van der Waals surface area (Å²) in [4.78, 5) is 28.3. The Morgan fingerprint density at radius 3 is 2.21 bits per heavy atom. The number of nitrogens with zero attached hydrogens (tertiary/aromatic N) is 1. The second-order valence-electron chi connectivity index (χ2n) is 8.50. The fourth-order valence-electron chi connectivity index (χ4n) is 3.86. The lowest BCUT2D eigenvalue weighted by molar-refractivity contribution is -0.137. The number of ether oxygens (including phenoxy) is 1. The Kier molecular flexibility index (Phi) is 6.31. The third-order valence-electron chi connectivity index (χ3n) is 5.73. The van der Waals surface area contributed by atoms with Gasteiger partial charge in [0, 0.05) is 5.69 Å². The van der Waals surface area contributed by atoms with Gasteiger partial charge >= 0.3 is 0 Å². The maximum absolute atomic E-state index is 13.5. The molecule has 33 heavy (non-hydrogen) atoms. The van der Waals surface area contributed by atoms with Crippen LogP contribution in [0.4, 0.5) is 5.69 Å². The van der Waals surface area contributed by atoms with Crippen molar-refractivity contribution in [3.8, 4) is 5.75 Å². The van der Waals surface area contributed by atoms with Crippen LogP contribution in [0, 0.1) is 13.8 Å². The van der Waals surface area contributed by atoms with Crippen LogP contribution < -0.4 is 10.1 Å². The van der Waals surface area contributed by atoms with E-state index in [1.807, 2.05) is 100 Å². The van der Waals surface area contributed by atoms with Crippen molar-refractivity contribution in [3.05, 3.63) is 101 Å². The number of hydrogen-bond acceptors (Lipinski definition) is 4. The average molecular weight is 441 g/mol. The molecule has 0 saturated carbocycles.